The molecule has 3 aromatic rings. The zero-order valence-corrected chi connectivity index (χ0v) is 13.9. The predicted octanol–water partition coefficient (Wildman–Crippen LogP) is 2.47. The highest BCUT2D eigenvalue weighted by Crippen LogP contribution is 2.20. The van der Waals surface area contributed by atoms with Crippen LogP contribution in [0.15, 0.2) is 42.9 Å². The lowest BCUT2D eigenvalue weighted by atomic mass is 10.2. The number of nitrogens with one attached hydrogen (secondary N) is 1. The van der Waals surface area contributed by atoms with Crippen molar-refractivity contribution >= 4 is 29.0 Å². The van der Waals surface area contributed by atoms with Gasteiger partial charge in [0.1, 0.15) is 12.4 Å². The van der Waals surface area contributed by atoms with Gasteiger partial charge in [0.15, 0.2) is 0 Å². The summed E-state index contributed by atoms with van der Waals surface area (Å²) in [5.74, 6) is -1.22. The molecule has 2 heterocycles. The Kier molecular flexibility index (Phi) is 4.94. The molecule has 0 atom stereocenters. The van der Waals surface area contributed by atoms with Crippen LogP contribution in [-0.4, -0.2) is 30.4 Å². The van der Waals surface area contributed by atoms with E-state index in [9.17, 15) is 19.3 Å². The number of carbonyl (C=O) groups is 1. The lowest BCUT2D eigenvalue weighted by Gasteiger charge is -2.05. The number of halogens is 2. The van der Waals surface area contributed by atoms with Crippen molar-refractivity contribution < 1.29 is 14.1 Å². The second-order valence-electron chi connectivity index (χ2n) is 5.30. The summed E-state index contributed by atoms with van der Waals surface area (Å²) in [6.45, 7) is -0.0924. The van der Waals surface area contributed by atoms with Crippen LogP contribution in [-0.2, 0) is 17.9 Å². The van der Waals surface area contributed by atoms with Crippen molar-refractivity contribution in [3.05, 3.63) is 69.4 Å². The average molecular weight is 379 g/mol. The molecule has 3 rings (SSSR count). The standard InChI is InChI=1S/C15H12ClFN6O3/c16-12-2-1-3-13(17)11(12)8-22-7-10(6-18-22)19-15(24)9-21-5-4-14(20-21)23(25)26/h1-7H,8-9H2,(H,19,24). The smallest absolute Gasteiger partial charge is 0.358 e. The molecule has 0 saturated heterocycles. The minimum absolute atomic E-state index is 0.104. The molecule has 2 aromatic heterocycles. The van der Waals surface area contributed by atoms with Gasteiger partial charge in [-0.3, -0.25) is 9.48 Å². The first-order chi connectivity index (χ1) is 12.4. The predicted molar refractivity (Wildman–Crippen MR) is 90.3 cm³/mol. The van der Waals surface area contributed by atoms with Crippen LogP contribution in [0.3, 0.4) is 0 Å². The molecule has 0 fully saturated rings. The topological polar surface area (TPSA) is 108 Å². The number of hydrogen-bond donors (Lipinski definition) is 1. The summed E-state index contributed by atoms with van der Waals surface area (Å²) < 4.78 is 16.4. The van der Waals surface area contributed by atoms with E-state index < -0.39 is 16.6 Å². The third-order valence-corrected chi connectivity index (χ3v) is 3.77. The second kappa shape index (κ2) is 7.31. The minimum atomic E-state index is -0.647. The van der Waals surface area contributed by atoms with Gasteiger partial charge in [0.25, 0.3) is 0 Å². The van der Waals surface area contributed by atoms with Crippen LogP contribution in [0.1, 0.15) is 5.56 Å². The van der Waals surface area contributed by atoms with E-state index in [0.29, 0.717) is 11.3 Å². The molecule has 1 amide bonds. The summed E-state index contributed by atoms with van der Waals surface area (Å²) in [5.41, 5.74) is 0.683. The van der Waals surface area contributed by atoms with Gasteiger partial charge in [-0.1, -0.05) is 17.7 Å². The quantitative estimate of drug-likeness (QED) is 0.523. The molecular formula is C15H12ClFN6O3. The first-order valence-corrected chi connectivity index (χ1v) is 7.73. The molecular weight excluding hydrogens is 367 g/mol. The van der Waals surface area contributed by atoms with Crippen molar-refractivity contribution in [3.8, 4) is 0 Å². The van der Waals surface area contributed by atoms with Crippen LogP contribution in [0.2, 0.25) is 5.02 Å². The maximum absolute atomic E-state index is 13.8. The highest BCUT2D eigenvalue weighted by atomic mass is 35.5. The first-order valence-electron chi connectivity index (χ1n) is 7.35. The molecule has 0 spiro atoms. The summed E-state index contributed by atoms with van der Waals surface area (Å²) in [5, 5.41) is 21.1. The number of nitro groups is 1. The molecule has 0 aliphatic carbocycles. The Morgan fingerprint density at radius 2 is 2.15 bits per heavy atom. The number of amides is 1. The van der Waals surface area contributed by atoms with Crippen molar-refractivity contribution in [2.24, 2.45) is 0 Å². The summed E-state index contributed by atoms with van der Waals surface area (Å²) in [7, 11) is 0. The molecule has 9 nitrogen and oxygen atoms in total. The third-order valence-electron chi connectivity index (χ3n) is 3.42. The molecule has 1 N–H and O–H groups in total. The number of hydrogen-bond acceptors (Lipinski definition) is 5. The molecule has 1 aromatic carbocycles. The third kappa shape index (κ3) is 4.03. The Morgan fingerprint density at radius 1 is 1.35 bits per heavy atom. The summed E-state index contributed by atoms with van der Waals surface area (Å²) in [6.07, 6.45) is 4.26. The van der Waals surface area contributed by atoms with Gasteiger partial charge in [-0.15, -0.1) is 0 Å². The fraction of sp³-hybridized carbons (Fsp3) is 0.133. The van der Waals surface area contributed by atoms with Crippen molar-refractivity contribution in [1.29, 1.82) is 0 Å². The Hall–Kier alpha value is -3.27. The van der Waals surface area contributed by atoms with E-state index in [4.69, 9.17) is 11.6 Å². The zero-order valence-electron chi connectivity index (χ0n) is 13.2. The van der Waals surface area contributed by atoms with E-state index in [1.807, 2.05) is 0 Å². The fourth-order valence-corrected chi connectivity index (χ4v) is 2.47. The highest BCUT2D eigenvalue weighted by Gasteiger charge is 2.14. The Labute approximate surface area is 151 Å². The van der Waals surface area contributed by atoms with Crippen LogP contribution in [0.25, 0.3) is 0 Å². The van der Waals surface area contributed by atoms with E-state index >= 15 is 0 Å². The van der Waals surface area contributed by atoms with Crippen LogP contribution in [0.5, 0.6) is 0 Å². The molecule has 0 bridgehead atoms. The number of rotatable bonds is 6. The maximum Gasteiger partial charge on any atom is 0.389 e. The van der Waals surface area contributed by atoms with E-state index in [0.717, 1.165) is 4.68 Å². The Bertz CT molecular complexity index is 950. The van der Waals surface area contributed by atoms with Gasteiger partial charge in [0.2, 0.25) is 5.91 Å². The van der Waals surface area contributed by atoms with Crippen LogP contribution in [0.4, 0.5) is 15.9 Å². The SMILES string of the molecule is O=C(Cn1ccc([N+](=O)[O-])n1)Nc1cnn(Cc2c(F)cccc2Cl)c1. The molecule has 0 radical (unpaired) electrons. The van der Waals surface area contributed by atoms with Crippen molar-refractivity contribution in [2.45, 2.75) is 13.1 Å². The monoisotopic (exact) mass is 378 g/mol. The van der Waals surface area contributed by atoms with Gasteiger partial charge in [0, 0.05) is 16.8 Å². The van der Waals surface area contributed by atoms with E-state index in [2.05, 4.69) is 15.5 Å². The van der Waals surface area contributed by atoms with Crippen molar-refractivity contribution in [2.75, 3.05) is 5.32 Å². The fourth-order valence-electron chi connectivity index (χ4n) is 2.24. The van der Waals surface area contributed by atoms with Gasteiger partial charge < -0.3 is 15.4 Å². The van der Waals surface area contributed by atoms with Crippen molar-refractivity contribution in [1.82, 2.24) is 19.6 Å². The van der Waals surface area contributed by atoms with E-state index in [1.165, 1.54) is 41.5 Å². The number of benzene rings is 1. The van der Waals surface area contributed by atoms with Gasteiger partial charge in [-0.2, -0.15) is 9.78 Å². The Morgan fingerprint density at radius 3 is 2.85 bits per heavy atom. The average Bonchev–Trinajstić information content (AvgIpc) is 3.21. The summed E-state index contributed by atoms with van der Waals surface area (Å²) in [4.78, 5) is 21.9. The number of anilines is 1. The zero-order chi connectivity index (χ0) is 18.7. The molecule has 0 unspecified atom stereocenters. The number of carbonyl (C=O) groups excluding carboxylic acids is 1. The van der Waals surface area contributed by atoms with Gasteiger partial charge in [-0.25, -0.2) is 4.39 Å². The summed E-state index contributed by atoms with van der Waals surface area (Å²) >= 11 is 5.98. The first kappa shape index (κ1) is 17.5. The second-order valence-corrected chi connectivity index (χ2v) is 5.71. The maximum atomic E-state index is 13.8. The van der Waals surface area contributed by atoms with Gasteiger partial charge in [-0.05, 0) is 17.1 Å². The lowest BCUT2D eigenvalue weighted by Crippen LogP contribution is -2.18. The number of aromatic nitrogens is 4. The van der Waals surface area contributed by atoms with Crippen molar-refractivity contribution in [3.63, 3.8) is 0 Å². The van der Waals surface area contributed by atoms with E-state index in [1.54, 1.807) is 6.07 Å². The molecule has 26 heavy (non-hydrogen) atoms. The molecule has 11 heteroatoms. The Balaban J connectivity index is 1.62. The lowest BCUT2D eigenvalue weighted by molar-refractivity contribution is -0.389. The number of nitrogens with zero attached hydrogens (tertiary/aromatic N) is 5. The van der Waals surface area contributed by atoms with Crippen LogP contribution >= 0.6 is 11.6 Å². The molecule has 0 aliphatic rings. The molecule has 134 valence electrons. The largest absolute Gasteiger partial charge is 0.389 e. The van der Waals surface area contributed by atoms with Gasteiger partial charge >= 0.3 is 5.82 Å². The van der Waals surface area contributed by atoms with Crippen LogP contribution in [0, 0.1) is 15.9 Å². The van der Waals surface area contributed by atoms with Crippen LogP contribution < -0.4 is 5.32 Å². The van der Waals surface area contributed by atoms with Gasteiger partial charge in [0.05, 0.1) is 35.8 Å². The highest BCUT2D eigenvalue weighted by molar-refractivity contribution is 6.31. The summed E-state index contributed by atoms with van der Waals surface area (Å²) in [6, 6.07) is 5.59. The normalized spacial score (nSPS) is 10.7. The van der Waals surface area contributed by atoms with E-state index in [-0.39, 0.29) is 23.9 Å². The molecule has 0 aliphatic heterocycles. The minimum Gasteiger partial charge on any atom is -0.358 e. The molecule has 0 saturated carbocycles.